The molecule has 4 heteroatoms. The molecule has 2 aliphatic rings. The fourth-order valence-electron chi connectivity index (χ4n) is 3.20. The number of rotatable bonds is 3. The van der Waals surface area contributed by atoms with Crippen molar-refractivity contribution in [3.05, 3.63) is 59.7 Å². The van der Waals surface area contributed by atoms with Crippen molar-refractivity contribution in [2.24, 2.45) is 0 Å². The molecule has 0 aromatic heterocycles. The van der Waals surface area contributed by atoms with Crippen LogP contribution >= 0.6 is 0 Å². The van der Waals surface area contributed by atoms with E-state index in [2.05, 4.69) is 34.5 Å². The van der Waals surface area contributed by atoms with Gasteiger partial charge in [-0.25, -0.2) is 0 Å². The number of nitrogens with one attached hydrogen (secondary N) is 1. The molecule has 1 unspecified atom stereocenters. The van der Waals surface area contributed by atoms with E-state index in [0.29, 0.717) is 6.04 Å². The minimum Gasteiger partial charge on any atom is -0.378 e. The van der Waals surface area contributed by atoms with Gasteiger partial charge in [0.15, 0.2) is 0 Å². The number of para-hydroxylation sites is 1. The Kier molecular flexibility index (Phi) is 3.26. The second-order valence-corrected chi connectivity index (χ2v) is 6.52. The van der Waals surface area contributed by atoms with Crippen LogP contribution in [0.1, 0.15) is 34.9 Å². The van der Waals surface area contributed by atoms with Gasteiger partial charge in [0, 0.05) is 31.5 Å². The van der Waals surface area contributed by atoms with E-state index in [4.69, 9.17) is 0 Å². The van der Waals surface area contributed by atoms with Crippen LogP contribution in [-0.2, 0) is 0 Å². The summed E-state index contributed by atoms with van der Waals surface area (Å²) in [7, 11) is 4.06. The van der Waals surface area contributed by atoms with Gasteiger partial charge in [-0.3, -0.25) is 4.79 Å². The van der Waals surface area contributed by atoms with Crippen molar-refractivity contribution in [2.45, 2.75) is 25.0 Å². The topological polar surface area (TPSA) is 35.6 Å². The Bertz CT molecular complexity index is 735. The largest absolute Gasteiger partial charge is 0.378 e. The van der Waals surface area contributed by atoms with Gasteiger partial charge in [0.05, 0.1) is 5.56 Å². The lowest BCUT2D eigenvalue weighted by Gasteiger charge is -2.38. The number of carbonyl (C=O) groups excluding carboxylic acids is 1. The van der Waals surface area contributed by atoms with Crippen molar-refractivity contribution >= 4 is 17.3 Å². The first-order chi connectivity index (χ1) is 11.1. The van der Waals surface area contributed by atoms with Crippen LogP contribution in [0.5, 0.6) is 0 Å². The van der Waals surface area contributed by atoms with E-state index in [1.54, 1.807) is 0 Å². The predicted molar refractivity (Wildman–Crippen MR) is 92.8 cm³/mol. The highest BCUT2D eigenvalue weighted by Crippen LogP contribution is 2.40. The fraction of sp³-hybridized carbons (Fsp3) is 0.316. The van der Waals surface area contributed by atoms with Crippen molar-refractivity contribution in [3.8, 4) is 0 Å². The van der Waals surface area contributed by atoms with Crippen LogP contribution in [0.4, 0.5) is 11.4 Å². The fourth-order valence-corrected chi connectivity index (χ4v) is 3.20. The Balaban J connectivity index is 1.73. The molecule has 2 aromatic carbocycles. The standard InChI is InChI=1S/C19H21N3O/c1-21(2)14-9-7-13(8-10-14)18-20-17-6-4-3-5-16(17)19(23)22(18)15-11-12-15/h3-10,15,18,20H,11-12H2,1-2H3. The van der Waals surface area contributed by atoms with Gasteiger partial charge in [-0.15, -0.1) is 0 Å². The predicted octanol–water partition coefficient (Wildman–Crippen LogP) is 3.48. The van der Waals surface area contributed by atoms with E-state index >= 15 is 0 Å². The Labute approximate surface area is 136 Å². The van der Waals surface area contributed by atoms with E-state index in [9.17, 15) is 4.79 Å². The number of amides is 1. The zero-order chi connectivity index (χ0) is 16.0. The maximum Gasteiger partial charge on any atom is 0.258 e. The molecule has 4 rings (SSSR count). The first kappa shape index (κ1) is 14.1. The molecule has 1 N–H and O–H groups in total. The summed E-state index contributed by atoms with van der Waals surface area (Å²) in [5, 5.41) is 3.56. The molecule has 0 radical (unpaired) electrons. The summed E-state index contributed by atoms with van der Waals surface area (Å²) in [4.78, 5) is 17.0. The van der Waals surface area contributed by atoms with Gasteiger partial charge in [-0.2, -0.15) is 0 Å². The number of nitrogens with zero attached hydrogens (tertiary/aromatic N) is 2. The molecule has 1 saturated carbocycles. The first-order valence-corrected chi connectivity index (χ1v) is 8.10. The lowest BCUT2D eigenvalue weighted by Crippen LogP contribution is -2.44. The zero-order valence-corrected chi connectivity index (χ0v) is 13.5. The van der Waals surface area contributed by atoms with E-state index in [-0.39, 0.29) is 12.1 Å². The van der Waals surface area contributed by atoms with E-state index in [0.717, 1.165) is 35.3 Å². The number of benzene rings is 2. The van der Waals surface area contributed by atoms with Gasteiger partial charge in [0.25, 0.3) is 5.91 Å². The average molecular weight is 307 g/mol. The molecule has 0 spiro atoms. The summed E-state index contributed by atoms with van der Waals surface area (Å²) >= 11 is 0. The summed E-state index contributed by atoms with van der Waals surface area (Å²) in [6.07, 6.45) is 2.12. The highest BCUT2D eigenvalue weighted by atomic mass is 16.2. The van der Waals surface area contributed by atoms with Crippen LogP contribution in [0.25, 0.3) is 0 Å². The molecule has 1 aliphatic carbocycles. The summed E-state index contributed by atoms with van der Waals surface area (Å²) in [6, 6.07) is 16.6. The van der Waals surface area contributed by atoms with Crippen molar-refractivity contribution in [1.82, 2.24) is 4.90 Å². The van der Waals surface area contributed by atoms with Crippen molar-refractivity contribution in [1.29, 1.82) is 0 Å². The average Bonchev–Trinajstić information content (AvgIpc) is 3.39. The molecular formula is C19H21N3O. The Morgan fingerprint density at radius 1 is 1.04 bits per heavy atom. The molecule has 23 heavy (non-hydrogen) atoms. The second kappa shape index (κ2) is 5.30. The van der Waals surface area contributed by atoms with Gasteiger partial charge in [-0.05, 0) is 42.7 Å². The highest BCUT2D eigenvalue weighted by Gasteiger charge is 2.41. The molecule has 0 saturated heterocycles. The monoisotopic (exact) mass is 307 g/mol. The van der Waals surface area contributed by atoms with Crippen LogP contribution in [0.2, 0.25) is 0 Å². The third-order valence-corrected chi connectivity index (χ3v) is 4.63. The number of fused-ring (bicyclic) bond motifs is 1. The van der Waals surface area contributed by atoms with E-state index < -0.39 is 0 Å². The first-order valence-electron chi connectivity index (χ1n) is 8.10. The van der Waals surface area contributed by atoms with Crippen LogP contribution in [-0.4, -0.2) is 30.9 Å². The van der Waals surface area contributed by atoms with Crippen LogP contribution in [0, 0.1) is 0 Å². The molecule has 1 fully saturated rings. The van der Waals surface area contributed by atoms with Crippen molar-refractivity contribution in [2.75, 3.05) is 24.3 Å². The van der Waals surface area contributed by atoms with E-state index in [1.807, 2.05) is 43.3 Å². The number of hydrogen-bond acceptors (Lipinski definition) is 3. The lowest BCUT2D eigenvalue weighted by molar-refractivity contribution is 0.0666. The quantitative estimate of drug-likeness (QED) is 0.943. The third-order valence-electron chi connectivity index (χ3n) is 4.63. The zero-order valence-electron chi connectivity index (χ0n) is 13.5. The summed E-state index contributed by atoms with van der Waals surface area (Å²) < 4.78 is 0. The summed E-state index contributed by atoms with van der Waals surface area (Å²) in [5.41, 5.74) is 4.00. The maximum absolute atomic E-state index is 12.9. The number of hydrogen-bond donors (Lipinski definition) is 1. The van der Waals surface area contributed by atoms with Gasteiger partial charge in [0.2, 0.25) is 0 Å². The highest BCUT2D eigenvalue weighted by molar-refractivity contribution is 6.02. The molecule has 2 aromatic rings. The van der Waals surface area contributed by atoms with Crippen LogP contribution in [0.15, 0.2) is 48.5 Å². The van der Waals surface area contributed by atoms with Crippen molar-refractivity contribution in [3.63, 3.8) is 0 Å². The molecule has 1 atom stereocenters. The van der Waals surface area contributed by atoms with Crippen LogP contribution in [0.3, 0.4) is 0 Å². The number of anilines is 2. The summed E-state index contributed by atoms with van der Waals surface area (Å²) in [6.45, 7) is 0. The molecule has 1 aliphatic heterocycles. The Morgan fingerprint density at radius 2 is 1.74 bits per heavy atom. The Morgan fingerprint density at radius 3 is 2.39 bits per heavy atom. The molecular weight excluding hydrogens is 286 g/mol. The van der Waals surface area contributed by atoms with Gasteiger partial charge >= 0.3 is 0 Å². The molecule has 0 bridgehead atoms. The van der Waals surface area contributed by atoms with Gasteiger partial charge in [-0.1, -0.05) is 24.3 Å². The third kappa shape index (κ3) is 2.44. The Hall–Kier alpha value is -2.49. The van der Waals surface area contributed by atoms with Gasteiger partial charge < -0.3 is 15.1 Å². The second-order valence-electron chi connectivity index (χ2n) is 6.52. The van der Waals surface area contributed by atoms with Gasteiger partial charge in [0.1, 0.15) is 6.17 Å². The number of carbonyl (C=O) groups is 1. The maximum atomic E-state index is 12.9. The lowest BCUT2D eigenvalue weighted by atomic mass is 10.0. The minimum absolute atomic E-state index is 0.0823. The molecule has 1 heterocycles. The van der Waals surface area contributed by atoms with E-state index in [1.165, 1.54) is 0 Å². The van der Waals surface area contributed by atoms with Crippen molar-refractivity contribution < 1.29 is 4.79 Å². The minimum atomic E-state index is -0.0823. The normalized spacial score (nSPS) is 20.0. The molecule has 1 amide bonds. The molecule has 118 valence electrons. The van der Waals surface area contributed by atoms with Crippen LogP contribution < -0.4 is 10.2 Å². The molecule has 4 nitrogen and oxygen atoms in total. The smallest absolute Gasteiger partial charge is 0.258 e. The summed E-state index contributed by atoms with van der Waals surface area (Å²) in [5.74, 6) is 0.142. The SMILES string of the molecule is CN(C)c1ccc(C2Nc3ccccc3C(=O)N2C2CC2)cc1.